The van der Waals surface area contributed by atoms with Gasteiger partial charge in [-0.05, 0) is 44.8 Å². The van der Waals surface area contributed by atoms with Crippen molar-refractivity contribution in [1.82, 2.24) is 9.80 Å². The number of likely N-dealkylation sites (tertiary alicyclic amines) is 2. The molecule has 0 aromatic heterocycles. The number of carbonyl (C=O) groups excluding carboxylic acids is 2. The van der Waals surface area contributed by atoms with Gasteiger partial charge in [-0.15, -0.1) is 0 Å². The average molecular weight is 396 g/mol. The van der Waals surface area contributed by atoms with Crippen LogP contribution < -0.4 is 10.1 Å². The highest BCUT2D eigenvalue weighted by Gasteiger charge is 2.29. The van der Waals surface area contributed by atoms with Crippen molar-refractivity contribution in [3.8, 4) is 5.75 Å². The van der Waals surface area contributed by atoms with Gasteiger partial charge in [0.25, 0.3) is 0 Å². The summed E-state index contributed by atoms with van der Waals surface area (Å²) in [7, 11) is 2.74. The van der Waals surface area contributed by atoms with E-state index in [0.29, 0.717) is 17.5 Å². The minimum absolute atomic E-state index is 0.186. The smallest absolute Gasteiger partial charge is 0.341 e. The van der Waals surface area contributed by atoms with Gasteiger partial charge in [-0.1, -0.05) is 11.6 Å². The van der Waals surface area contributed by atoms with Crippen LogP contribution in [-0.2, 0) is 4.74 Å². The Labute approximate surface area is 164 Å². The second kappa shape index (κ2) is 8.80. The van der Waals surface area contributed by atoms with Crippen molar-refractivity contribution in [1.29, 1.82) is 0 Å². The van der Waals surface area contributed by atoms with E-state index >= 15 is 0 Å². The fourth-order valence-corrected chi connectivity index (χ4v) is 4.04. The van der Waals surface area contributed by atoms with Crippen LogP contribution in [0.2, 0.25) is 5.02 Å². The molecule has 2 fully saturated rings. The molecule has 1 atom stereocenters. The lowest BCUT2D eigenvalue weighted by Crippen LogP contribution is -2.50. The van der Waals surface area contributed by atoms with Gasteiger partial charge in [-0.2, -0.15) is 0 Å². The number of anilines is 1. The van der Waals surface area contributed by atoms with Crippen molar-refractivity contribution in [2.75, 3.05) is 45.7 Å². The maximum absolute atomic E-state index is 12.8. The molecule has 0 aliphatic carbocycles. The van der Waals surface area contributed by atoms with Crippen LogP contribution in [0.3, 0.4) is 0 Å². The first-order valence-electron chi connectivity index (χ1n) is 9.29. The van der Waals surface area contributed by atoms with E-state index in [4.69, 9.17) is 21.1 Å². The van der Waals surface area contributed by atoms with Gasteiger partial charge < -0.3 is 19.7 Å². The maximum Gasteiger partial charge on any atom is 0.341 e. The highest BCUT2D eigenvalue weighted by molar-refractivity contribution is 6.34. The number of esters is 1. The van der Waals surface area contributed by atoms with Crippen LogP contribution in [0.1, 0.15) is 36.0 Å². The Kier molecular flexibility index (Phi) is 6.44. The summed E-state index contributed by atoms with van der Waals surface area (Å²) in [6.45, 7) is 3.70. The topological polar surface area (TPSA) is 71.1 Å². The first-order valence-corrected chi connectivity index (χ1v) is 9.67. The number of ether oxygens (including phenoxy) is 2. The van der Waals surface area contributed by atoms with E-state index in [1.807, 2.05) is 4.90 Å². The molecule has 0 spiro atoms. The Morgan fingerprint density at radius 1 is 1.15 bits per heavy atom. The molecule has 7 nitrogen and oxygen atoms in total. The Balaban J connectivity index is 1.70. The van der Waals surface area contributed by atoms with E-state index in [1.54, 1.807) is 6.07 Å². The van der Waals surface area contributed by atoms with E-state index in [2.05, 4.69) is 10.2 Å². The van der Waals surface area contributed by atoms with Crippen LogP contribution in [-0.4, -0.2) is 68.2 Å². The first kappa shape index (κ1) is 19.8. The van der Waals surface area contributed by atoms with E-state index < -0.39 is 5.97 Å². The molecular weight excluding hydrogens is 370 g/mol. The normalized spacial score (nSPS) is 20.4. The van der Waals surface area contributed by atoms with Crippen LogP contribution in [0, 0.1) is 0 Å². The number of urea groups is 1. The first-order chi connectivity index (χ1) is 13.0. The molecule has 1 aromatic rings. The number of amides is 2. The number of piperidine rings is 1. The second-order valence-corrected chi connectivity index (χ2v) is 7.35. The number of carbonyl (C=O) groups is 2. The lowest BCUT2D eigenvalue weighted by molar-refractivity contribution is 0.0597. The molecular formula is C19H26ClN3O4. The monoisotopic (exact) mass is 395 g/mol. The average Bonchev–Trinajstić information content (AvgIpc) is 3.23. The fraction of sp³-hybridized carbons (Fsp3) is 0.579. The summed E-state index contributed by atoms with van der Waals surface area (Å²) in [4.78, 5) is 28.9. The zero-order valence-corrected chi connectivity index (χ0v) is 16.6. The van der Waals surface area contributed by atoms with Gasteiger partial charge in [0.2, 0.25) is 0 Å². The molecule has 0 radical (unpaired) electrons. The lowest BCUT2D eigenvalue weighted by atomic mass is 10.0. The predicted octanol–water partition coefficient (Wildman–Crippen LogP) is 3.23. The van der Waals surface area contributed by atoms with E-state index in [9.17, 15) is 9.59 Å². The lowest BCUT2D eigenvalue weighted by Gasteiger charge is -2.37. The van der Waals surface area contributed by atoms with Gasteiger partial charge in [0.1, 0.15) is 11.3 Å². The van der Waals surface area contributed by atoms with Gasteiger partial charge in [0.15, 0.2) is 0 Å². The Morgan fingerprint density at radius 2 is 1.89 bits per heavy atom. The SMILES string of the molecule is COC(=O)c1cc(Cl)c(NC(=O)N2CCCC(N3CCCC3)C2)cc1OC. The minimum Gasteiger partial charge on any atom is -0.496 e. The standard InChI is InChI=1S/C19H26ClN3O4/c1-26-17-11-16(15(20)10-14(17)18(24)27-2)21-19(25)23-9-5-6-13(12-23)22-7-3-4-8-22/h10-11,13H,3-9,12H2,1-2H3,(H,21,25). The number of hydrogen-bond acceptors (Lipinski definition) is 5. The molecule has 148 valence electrons. The molecule has 1 aromatic carbocycles. The summed E-state index contributed by atoms with van der Waals surface area (Å²) < 4.78 is 9.98. The highest BCUT2D eigenvalue weighted by Crippen LogP contribution is 2.32. The van der Waals surface area contributed by atoms with Crippen LogP contribution >= 0.6 is 11.6 Å². The van der Waals surface area contributed by atoms with Gasteiger partial charge in [-0.25, -0.2) is 9.59 Å². The second-order valence-electron chi connectivity index (χ2n) is 6.94. The van der Waals surface area contributed by atoms with Gasteiger partial charge in [0.05, 0.1) is 24.9 Å². The number of nitrogens with one attached hydrogen (secondary N) is 1. The van der Waals surface area contributed by atoms with Crippen molar-refractivity contribution in [2.24, 2.45) is 0 Å². The molecule has 3 rings (SSSR count). The molecule has 2 heterocycles. The molecule has 1 N–H and O–H groups in total. The number of rotatable bonds is 4. The summed E-state index contributed by atoms with van der Waals surface area (Å²) in [6.07, 6.45) is 4.61. The summed E-state index contributed by atoms with van der Waals surface area (Å²) in [5, 5.41) is 3.12. The third-order valence-corrected chi connectivity index (χ3v) is 5.59. The quantitative estimate of drug-likeness (QED) is 0.792. The molecule has 2 saturated heterocycles. The fourth-order valence-electron chi connectivity index (χ4n) is 3.83. The summed E-state index contributed by atoms with van der Waals surface area (Å²) in [5.74, 6) is -0.244. The molecule has 2 aliphatic rings. The van der Waals surface area contributed by atoms with Gasteiger partial charge >= 0.3 is 12.0 Å². The molecule has 0 saturated carbocycles. The zero-order valence-electron chi connectivity index (χ0n) is 15.8. The molecule has 8 heteroatoms. The third-order valence-electron chi connectivity index (χ3n) is 5.28. The molecule has 0 bridgehead atoms. The maximum atomic E-state index is 12.8. The van der Waals surface area contributed by atoms with Gasteiger partial charge in [0, 0.05) is 25.2 Å². The van der Waals surface area contributed by atoms with Crippen molar-refractivity contribution in [3.05, 3.63) is 22.7 Å². The Bertz CT molecular complexity index is 706. The van der Waals surface area contributed by atoms with Crippen molar-refractivity contribution in [2.45, 2.75) is 31.7 Å². The van der Waals surface area contributed by atoms with Crippen LogP contribution in [0.4, 0.5) is 10.5 Å². The minimum atomic E-state index is -0.545. The highest BCUT2D eigenvalue weighted by atomic mass is 35.5. The third kappa shape index (κ3) is 4.47. The van der Waals surface area contributed by atoms with Crippen LogP contribution in [0.15, 0.2) is 12.1 Å². The Morgan fingerprint density at radius 3 is 2.56 bits per heavy atom. The predicted molar refractivity (Wildman–Crippen MR) is 104 cm³/mol. The van der Waals surface area contributed by atoms with Crippen molar-refractivity contribution >= 4 is 29.3 Å². The molecule has 2 aliphatic heterocycles. The number of hydrogen-bond donors (Lipinski definition) is 1. The van der Waals surface area contributed by atoms with E-state index in [0.717, 1.165) is 39.0 Å². The number of halogens is 1. The zero-order chi connectivity index (χ0) is 19.4. The van der Waals surface area contributed by atoms with E-state index in [1.165, 1.54) is 33.1 Å². The number of benzene rings is 1. The Hall–Kier alpha value is -1.99. The largest absolute Gasteiger partial charge is 0.496 e. The summed E-state index contributed by atoms with van der Waals surface area (Å²) in [5.41, 5.74) is 0.629. The van der Waals surface area contributed by atoms with Crippen molar-refractivity contribution < 1.29 is 19.1 Å². The van der Waals surface area contributed by atoms with Crippen LogP contribution in [0.5, 0.6) is 5.75 Å². The molecule has 2 amide bonds. The van der Waals surface area contributed by atoms with Crippen molar-refractivity contribution in [3.63, 3.8) is 0 Å². The molecule has 1 unspecified atom stereocenters. The van der Waals surface area contributed by atoms with Gasteiger partial charge in [-0.3, -0.25) is 4.90 Å². The summed E-state index contributed by atoms with van der Waals surface area (Å²) in [6, 6.07) is 3.24. The number of methoxy groups -OCH3 is 2. The molecule has 27 heavy (non-hydrogen) atoms. The van der Waals surface area contributed by atoms with Crippen LogP contribution in [0.25, 0.3) is 0 Å². The number of nitrogens with zero attached hydrogens (tertiary/aromatic N) is 2. The summed E-state index contributed by atoms with van der Waals surface area (Å²) >= 11 is 6.27. The van der Waals surface area contributed by atoms with E-state index in [-0.39, 0.29) is 16.6 Å².